The van der Waals surface area contributed by atoms with Crippen molar-refractivity contribution in [2.45, 2.75) is 13.5 Å². The summed E-state index contributed by atoms with van der Waals surface area (Å²) in [7, 11) is 0. The van der Waals surface area contributed by atoms with Gasteiger partial charge in [-0.05, 0) is 35.0 Å². The summed E-state index contributed by atoms with van der Waals surface area (Å²) < 4.78 is 2.94. The first-order valence-corrected chi connectivity index (χ1v) is 7.22. The van der Waals surface area contributed by atoms with Crippen LogP contribution < -0.4 is 5.56 Å². The second-order valence-electron chi connectivity index (χ2n) is 4.18. The number of benzene rings is 1. The van der Waals surface area contributed by atoms with E-state index in [1.165, 1.54) is 4.57 Å². The number of carbonyl (C=O) groups is 1. The quantitative estimate of drug-likeness (QED) is 0.759. The molecule has 0 atom stereocenters. The van der Waals surface area contributed by atoms with E-state index in [1.807, 2.05) is 12.1 Å². The van der Waals surface area contributed by atoms with E-state index < -0.39 is 0 Å². The van der Waals surface area contributed by atoms with Crippen LogP contribution in [-0.4, -0.2) is 10.4 Å². The predicted molar refractivity (Wildman–Crippen MR) is 81.6 cm³/mol. The summed E-state index contributed by atoms with van der Waals surface area (Å²) in [5.41, 5.74) is 1.03. The van der Waals surface area contributed by atoms with Crippen molar-refractivity contribution in [3.05, 3.63) is 67.0 Å². The molecule has 2 aromatic rings. The standard InChI is InChI=1S/C14H11Br2NO2/c1-9-6-10(15)7-17(14(9)19)8-13(18)11-4-2-3-5-12(11)16/h2-7H,8H2,1H3. The summed E-state index contributed by atoms with van der Waals surface area (Å²) in [4.78, 5) is 24.2. The first-order valence-electron chi connectivity index (χ1n) is 5.63. The highest BCUT2D eigenvalue weighted by Crippen LogP contribution is 2.17. The van der Waals surface area contributed by atoms with Crippen molar-refractivity contribution in [3.8, 4) is 0 Å². The zero-order chi connectivity index (χ0) is 14.0. The van der Waals surface area contributed by atoms with Gasteiger partial charge < -0.3 is 4.57 Å². The van der Waals surface area contributed by atoms with Gasteiger partial charge in [0.25, 0.3) is 5.56 Å². The number of carbonyl (C=O) groups excluding carboxylic acids is 1. The van der Waals surface area contributed by atoms with Gasteiger partial charge in [-0.15, -0.1) is 0 Å². The van der Waals surface area contributed by atoms with Crippen molar-refractivity contribution >= 4 is 37.6 Å². The third-order valence-corrected chi connectivity index (χ3v) is 3.85. The molecule has 0 unspecified atom stereocenters. The van der Waals surface area contributed by atoms with Crippen LogP contribution in [0.4, 0.5) is 0 Å². The van der Waals surface area contributed by atoms with Gasteiger partial charge in [-0.3, -0.25) is 9.59 Å². The zero-order valence-corrected chi connectivity index (χ0v) is 13.4. The number of rotatable bonds is 3. The summed E-state index contributed by atoms with van der Waals surface area (Å²) >= 11 is 6.67. The van der Waals surface area contributed by atoms with Gasteiger partial charge in [0.1, 0.15) is 0 Å². The number of ketones is 1. The maximum atomic E-state index is 12.2. The molecule has 0 amide bonds. The highest BCUT2D eigenvalue weighted by Gasteiger charge is 2.12. The lowest BCUT2D eigenvalue weighted by atomic mass is 10.1. The Morgan fingerprint density at radius 2 is 1.95 bits per heavy atom. The highest BCUT2D eigenvalue weighted by atomic mass is 79.9. The maximum Gasteiger partial charge on any atom is 0.253 e. The molecule has 98 valence electrons. The molecule has 0 fully saturated rings. The fourth-order valence-electron chi connectivity index (χ4n) is 1.78. The van der Waals surface area contributed by atoms with E-state index in [4.69, 9.17) is 0 Å². The molecule has 1 aromatic carbocycles. The minimum atomic E-state index is -0.149. The molecular formula is C14H11Br2NO2. The van der Waals surface area contributed by atoms with E-state index in [9.17, 15) is 9.59 Å². The third-order valence-electron chi connectivity index (χ3n) is 2.72. The average molecular weight is 385 g/mol. The van der Waals surface area contributed by atoms with Crippen molar-refractivity contribution in [1.29, 1.82) is 0 Å². The van der Waals surface area contributed by atoms with E-state index in [-0.39, 0.29) is 17.9 Å². The van der Waals surface area contributed by atoms with Gasteiger partial charge in [0.05, 0.1) is 6.54 Å². The van der Waals surface area contributed by atoms with Crippen LogP contribution in [0.2, 0.25) is 0 Å². The number of hydrogen-bond donors (Lipinski definition) is 0. The molecule has 0 aliphatic rings. The Morgan fingerprint density at radius 3 is 2.63 bits per heavy atom. The Bertz CT molecular complexity index is 692. The van der Waals surface area contributed by atoms with E-state index in [0.29, 0.717) is 11.1 Å². The molecule has 5 heteroatoms. The molecule has 1 aromatic heterocycles. The first kappa shape index (κ1) is 14.2. The predicted octanol–water partition coefficient (Wildman–Crippen LogP) is 3.56. The van der Waals surface area contributed by atoms with Crippen molar-refractivity contribution in [2.24, 2.45) is 0 Å². The molecule has 0 bridgehead atoms. The third kappa shape index (κ3) is 3.22. The van der Waals surface area contributed by atoms with Crippen LogP contribution in [-0.2, 0) is 6.54 Å². The second kappa shape index (κ2) is 5.84. The maximum absolute atomic E-state index is 12.2. The molecule has 1 heterocycles. The van der Waals surface area contributed by atoms with Crippen LogP contribution in [0, 0.1) is 6.92 Å². The Morgan fingerprint density at radius 1 is 1.26 bits per heavy atom. The zero-order valence-electron chi connectivity index (χ0n) is 10.2. The number of aryl methyl sites for hydroxylation is 1. The van der Waals surface area contributed by atoms with Gasteiger partial charge in [0.2, 0.25) is 0 Å². The number of aromatic nitrogens is 1. The number of nitrogens with zero attached hydrogens (tertiary/aromatic N) is 1. The summed E-state index contributed by atoms with van der Waals surface area (Å²) in [6, 6.07) is 8.93. The van der Waals surface area contributed by atoms with Crippen molar-refractivity contribution in [3.63, 3.8) is 0 Å². The van der Waals surface area contributed by atoms with Crippen LogP contribution in [0.3, 0.4) is 0 Å². The smallest absolute Gasteiger partial charge is 0.253 e. The molecule has 0 N–H and O–H groups in total. The number of Topliss-reactive ketones (excluding diaryl/α,β-unsaturated/α-hetero) is 1. The van der Waals surface area contributed by atoms with Crippen LogP contribution in [0.25, 0.3) is 0 Å². The monoisotopic (exact) mass is 383 g/mol. The van der Waals surface area contributed by atoms with Crippen molar-refractivity contribution < 1.29 is 4.79 Å². The van der Waals surface area contributed by atoms with Crippen LogP contribution in [0.1, 0.15) is 15.9 Å². The van der Waals surface area contributed by atoms with Gasteiger partial charge >= 0.3 is 0 Å². The summed E-state index contributed by atoms with van der Waals surface area (Å²) in [5, 5.41) is 0. The Balaban J connectivity index is 2.35. The van der Waals surface area contributed by atoms with Crippen molar-refractivity contribution in [1.82, 2.24) is 4.57 Å². The van der Waals surface area contributed by atoms with Crippen molar-refractivity contribution in [2.75, 3.05) is 0 Å². The minimum Gasteiger partial charge on any atom is -0.306 e. The van der Waals surface area contributed by atoms with E-state index in [0.717, 1.165) is 8.95 Å². The largest absolute Gasteiger partial charge is 0.306 e. The molecule has 0 radical (unpaired) electrons. The van der Waals surface area contributed by atoms with Gasteiger partial charge in [-0.1, -0.05) is 34.1 Å². The highest BCUT2D eigenvalue weighted by molar-refractivity contribution is 9.10. The molecule has 0 saturated heterocycles. The number of halogens is 2. The van der Waals surface area contributed by atoms with Gasteiger partial charge in [0, 0.05) is 26.3 Å². The van der Waals surface area contributed by atoms with Gasteiger partial charge in [-0.25, -0.2) is 0 Å². The first-order chi connectivity index (χ1) is 8.99. The molecule has 0 saturated carbocycles. The molecule has 3 nitrogen and oxygen atoms in total. The minimum absolute atomic E-state index is 0.0295. The molecule has 0 aliphatic heterocycles. The summed E-state index contributed by atoms with van der Waals surface area (Å²) in [5.74, 6) is -0.105. The van der Waals surface area contributed by atoms with Crippen LogP contribution >= 0.6 is 31.9 Å². The lowest BCUT2D eigenvalue weighted by Crippen LogP contribution is -2.25. The normalized spacial score (nSPS) is 10.5. The SMILES string of the molecule is Cc1cc(Br)cn(CC(=O)c2ccccc2Br)c1=O. The molecule has 2 rings (SSSR count). The average Bonchev–Trinajstić information content (AvgIpc) is 2.35. The molecule has 0 spiro atoms. The van der Waals surface area contributed by atoms with Gasteiger partial charge in [0.15, 0.2) is 5.78 Å². The molecule has 19 heavy (non-hydrogen) atoms. The van der Waals surface area contributed by atoms with E-state index in [1.54, 1.807) is 31.3 Å². The lowest BCUT2D eigenvalue weighted by Gasteiger charge is -2.08. The second-order valence-corrected chi connectivity index (χ2v) is 5.95. The fraction of sp³-hybridized carbons (Fsp3) is 0.143. The number of hydrogen-bond acceptors (Lipinski definition) is 2. The number of pyridine rings is 1. The molecule has 0 aliphatic carbocycles. The fourth-order valence-corrected chi connectivity index (χ4v) is 2.88. The van der Waals surface area contributed by atoms with Gasteiger partial charge in [-0.2, -0.15) is 0 Å². The Labute approximate surface area is 127 Å². The molecular weight excluding hydrogens is 374 g/mol. The van der Waals surface area contributed by atoms with Crippen LogP contribution in [0.5, 0.6) is 0 Å². The van der Waals surface area contributed by atoms with Crippen LogP contribution in [0.15, 0.2) is 50.3 Å². The van der Waals surface area contributed by atoms with E-state index in [2.05, 4.69) is 31.9 Å². The lowest BCUT2D eigenvalue weighted by molar-refractivity contribution is 0.0970. The summed E-state index contributed by atoms with van der Waals surface area (Å²) in [6.07, 6.45) is 1.63. The Hall–Kier alpha value is -1.20. The summed E-state index contributed by atoms with van der Waals surface area (Å²) in [6.45, 7) is 1.76. The topological polar surface area (TPSA) is 39.1 Å². The Kier molecular flexibility index (Phi) is 4.37. The van der Waals surface area contributed by atoms with E-state index >= 15 is 0 Å².